The van der Waals surface area contributed by atoms with Crippen molar-refractivity contribution in [2.24, 2.45) is 0 Å². The molecule has 0 aliphatic carbocycles. The van der Waals surface area contributed by atoms with Gasteiger partial charge in [0.05, 0.1) is 0 Å². The molecule has 0 aromatic heterocycles. The van der Waals surface area contributed by atoms with Crippen molar-refractivity contribution in [2.45, 2.75) is 31.5 Å². The second kappa shape index (κ2) is 8.77. The first-order valence-electron chi connectivity index (χ1n) is 7.94. The highest BCUT2D eigenvalue weighted by atomic mass is 35.5. The minimum absolute atomic E-state index is 0.173. The van der Waals surface area contributed by atoms with E-state index in [0.29, 0.717) is 35.7 Å². The van der Waals surface area contributed by atoms with Gasteiger partial charge in [-0.2, -0.15) is 0 Å². The summed E-state index contributed by atoms with van der Waals surface area (Å²) in [5.74, 6) is -0.471. The first-order valence-corrected chi connectivity index (χ1v) is 8.70. The van der Waals surface area contributed by atoms with Gasteiger partial charge in [0, 0.05) is 37.1 Å². The lowest BCUT2D eigenvalue weighted by Crippen LogP contribution is -2.35. The topological polar surface area (TPSA) is 58.9 Å². The number of methoxy groups -OCH3 is 2. The van der Waals surface area contributed by atoms with Crippen LogP contribution >= 0.6 is 23.2 Å². The Morgan fingerprint density at radius 1 is 0.800 bits per heavy atom. The molecule has 0 saturated carbocycles. The Morgan fingerprint density at radius 2 is 1.20 bits per heavy atom. The molecule has 2 aromatic rings. The highest BCUT2D eigenvalue weighted by Gasteiger charge is 2.29. The average molecular weight is 385 g/mol. The lowest BCUT2D eigenvalue weighted by molar-refractivity contribution is -0.214. The number of phenolic OH excluding ortho intramolecular Hbond substituents is 2. The number of aryl methyl sites for hydroxylation is 2. The van der Waals surface area contributed by atoms with Crippen LogP contribution in [0.2, 0.25) is 10.0 Å². The summed E-state index contributed by atoms with van der Waals surface area (Å²) in [7, 11) is 3.19. The molecule has 4 nitrogen and oxygen atoms in total. The Morgan fingerprint density at radius 3 is 1.56 bits per heavy atom. The zero-order chi connectivity index (χ0) is 18.4. The molecule has 0 bridgehead atoms. The van der Waals surface area contributed by atoms with E-state index in [4.69, 9.17) is 32.7 Å². The van der Waals surface area contributed by atoms with E-state index in [1.807, 2.05) is 0 Å². The van der Waals surface area contributed by atoms with E-state index in [2.05, 4.69) is 0 Å². The Bertz CT molecular complexity index is 657. The van der Waals surface area contributed by atoms with E-state index < -0.39 is 5.79 Å². The fourth-order valence-corrected chi connectivity index (χ4v) is 3.20. The minimum atomic E-state index is -0.816. The van der Waals surface area contributed by atoms with Crippen molar-refractivity contribution in [2.75, 3.05) is 14.2 Å². The van der Waals surface area contributed by atoms with Gasteiger partial charge >= 0.3 is 0 Å². The van der Waals surface area contributed by atoms with Crippen molar-refractivity contribution in [3.8, 4) is 11.5 Å². The largest absolute Gasteiger partial charge is 0.508 e. The highest BCUT2D eigenvalue weighted by Crippen LogP contribution is 2.31. The number of hydrogen-bond donors (Lipinski definition) is 2. The lowest BCUT2D eigenvalue weighted by Gasteiger charge is -2.31. The van der Waals surface area contributed by atoms with Crippen LogP contribution in [0.15, 0.2) is 36.4 Å². The first kappa shape index (κ1) is 19.9. The summed E-state index contributed by atoms with van der Waals surface area (Å²) in [6, 6.07) is 9.72. The van der Waals surface area contributed by atoms with Gasteiger partial charge in [-0.05, 0) is 60.4 Å². The minimum Gasteiger partial charge on any atom is -0.508 e. The van der Waals surface area contributed by atoms with Gasteiger partial charge in [0.1, 0.15) is 11.5 Å². The Kier molecular flexibility index (Phi) is 6.96. The van der Waals surface area contributed by atoms with Gasteiger partial charge < -0.3 is 19.7 Å². The third-order valence-corrected chi connectivity index (χ3v) is 5.09. The summed E-state index contributed by atoms with van der Waals surface area (Å²) < 4.78 is 11.3. The predicted octanol–water partition coefficient (Wildman–Crippen LogP) is 4.96. The molecular formula is C19H22Cl2O4. The molecule has 6 heteroatoms. The molecule has 0 aliphatic rings. The SMILES string of the molecule is COC(CCc1cc(O)ccc1Cl)(CCc1cc(O)ccc1Cl)OC. The Balaban J connectivity index is 2.09. The maximum atomic E-state index is 9.63. The molecule has 0 saturated heterocycles. The van der Waals surface area contributed by atoms with Crippen LogP contribution in [-0.2, 0) is 22.3 Å². The van der Waals surface area contributed by atoms with Crippen LogP contribution < -0.4 is 0 Å². The molecule has 0 aliphatic heterocycles. The van der Waals surface area contributed by atoms with Gasteiger partial charge in [-0.3, -0.25) is 0 Å². The van der Waals surface area contributed by atoms with Gasteiger partial charge in [0.2, 0.25) is 0 Å². The number of halogens is 2. The van der Waals surface area contributed by atoms with Crippen molar-refractivity contribution in [1.29, 1.82) is 0 Å². The van der Waals surface area contributed by atoms with Crippen molar-refractivity contribution in [1.82, 2.24) is 0 Å². The molecule has 2 aromatic carbocycles. The van der Waals surface area contributed by atoms with Gasteiger partial charge in [-0.25, -0.2) is 0 Å². The number of aromatic hydroxyl groups is 2. The summed E-state index contributed by atoms with van der Waals surface area (Å²) >= 11 is 12.4. The van der Waals surface area contributed by atoms with E-state index in [9.17, 15) is 10.2 Å². The smallest absolute Gasteiger partial charge is 0.168 e. The van der Waals surface area contributed by atoms with Crippen molar-refractivity contribution in [3.63, 3.8) is 0 Å². The maximum absolute atomic E-state index is 9.63. The molecule has 0 heterocycles. The van der Waals surface area contributed by atoms with E-state index in [1.165, 1.54) is 0 Å². The van der Waals surface area contributed by atoms with Gasteiger partial charge in [0.15, 0.2) is 5.79 Å². The summed E-state index contributed by atoms with van der Waals surface area (Å²) in [6.45, 7) is 0. The average Bonchev–Trinajstić information content (AvgIpc) is 2.61. The summed E-state index contributed by atoms with van der Waals surface area (Å²) in [5, 5.41) is 20.4. The van der Waals surface area contributed by atoms with Crippen LogP contribution in [0.25, 0.3) is 0 Å². The number of phenols is 2. The highest BCUT2D eigenvalue weighted by molar-refractivity contribution is 6.31. The molecule has 2 N–H and O–H groups in total. The standard InChI is InChI=1S/C19H22Cl2O4/c1-24-19(25-2,9-7-13-11-15(22)3-5-17(13)20)10-8-14-12-16(23)4-6-18(14)21/h3-6,11-12,22-23H,7-10H2,1-2H3. The monoisotopic (exact) mass is 384 g/mol. The van der Waals surface area contributed by atoms with Crippen LogP contribution in [-0.4, -0.2) is 30.2 Å². The zero-order valence-corrected chi connectivity index (χ0v) is 15.8. The van der Waals surface area contributed by atoms with Crippen molar-refractivity contribution in [3.05, 3.63) is 57.6 Å². The summed E-state index contributed by atoms with van der Waals surface area (Å²) in [5.41, 5.74) is 1.66. The molecule has 0 amide bonds. The second-order valence-corrected chi connectivity index (χ2v) is 6.68. The fraction of sp³-hybridized carbons (Fsp3) is 0.368. The second-order valence-electron chi connectivity index (χ2n) is 5.87. The molecule has 2 rings (SSSR count). The van der Waals surface area contributed by atoms with Crippen LogP contribution in [0, 0.1) is 0 Å². The molecule has 0 atom stereocenters. The number of benzene rings is 2. The number of ether oxygens (including phenoxy) is 2. The van der Waals surface area contributed by atoms with Crippen LogP contribution in [0.4, 0.5) is 0 Å². The molecule has 0 spiro atoms. The van der Waals surface area contributed by atoms with E-state index >= 15 is 0 Å². The fourth-order valence-electron chi connectivity index (χ4n) is 2.77. The normalized spacial score (nSPS) is 11.7. The van der Waals surface area contributed by atoms with E-state index in [-0.39, 0.29) is 11.5 Å². The molecule has 0 radical (unpaired) electrons. The van der Waals surface area contributed by atoms with Crippen LogP contribution in [0.3, 0.4) is 0 Å². The van der Waals surface area contributed by atoms with Gasteiger partial charge in [-0.15, -0.1) is 0 Å². The Labute approximate surface area is 157 Å². The third-order valence-electron chi connectivity index (χ3n) is 4.35. The predicted molar refractivity (Wildman–Crippen MR) is 99.6 cm³/mol. The quantitative estimate of drug-likeness (QED) is 0.631. The lowest BCUT2D eigenvalue weighted by atomic mass is 9.97. The number of rotatable bonds is 8. The molecule has 136 valence electrons. The van der Waals surface area contributed by atoms with E-state index in [0.717, 1.165) is 11.1 Å². The van der Waals surface area contributed by atoms with Crippen molar-refractivity contribution >= 4 is 23.2 Å². The van der Waals surface area contributed by atoms with Gasteiger partial charge in [0.25, 0.3) is 0 Å². The number of hydrogen-bond acceptors (Lipinski definition) is 4. The summed E-state index contributed by atoms with van der Waals surface area (Å²) in [4.78, 5) is 0. The zero-order valence-electron chi connectivity index (χ0n) is 14.3. The molecular weight excluding hydrogens is 363 g/mol. The van der Waals surface area contributed by atoms with Gasteiger partial charge in [-0.1, -0.05) is 23.2 Å². The molecule has 0 unspecified atom stereocenters. The summed E-state index contributed by atoms with van der Waals surface area (Å²) in [6.07, 6.45) is 2.28. The first-order chi connectivity index (χ1) is 11.9. The maximum Gasteiger partial charge on any atom is 0.168 e. The molecule has 25 heavy (non-hydrogen) atoms. The van der Waals surface area contributed by atoms with Crippen LogP contribution in [0.1, 0.15) is 24.0 Å². The van der Waals surface area contributed by atoms with Crippen LogP contribution in [0.5, 0.6) is 11.5 Å². The molecule has 0 fully saturated rings. The van der Waals surface area contributed by atoms with E-state index in [1.54, 1.807) is 50.6 Å². The third kappa shape index (κ3) is 5.25. The van der Waals surface area contributed by atoms with Crippen molar-refractivity contribution < 1.29 is 19.7 Å². The Hall–Kier alpha value is -1.46.